The van der Waals surface area contributed by atoms with Crippen LogP contribution in [-0.2, 0) is 17.7 Å². The van der Waals surface area contributed by atoms with E-state index in [1.165, 1.54) is 9.75 Å². The molecule has 1 rings (SSSR count). The predicted octanol–water partition coefficient (Wildman–Crippen LogP) is 3.27. The summed E-state index contributed by atoms with van der Waals surface area (Å²) < 4.78 is 5.53. The van der Waals surface area contributed by atoms with Crippen LogP contribution in [0.2, 0.25) is 0 Å². The first-order valence-electron chi connectivity index (χ1n) is 7.25. The molecule has 1 aromatic rings. The molecule has 0 bridgehead atoms. The molecule has 0 aliphatic heterocycles. The third kappa shape index (κ3) is 9.31. The van der Waals surface area contributed by atoms with E-state index in [1.54, 1.807) is 7.05 Å². The number of nitrogens with zero attached hydrogens (tertiary/aromatic N) is 1. The van der Waals surface area contributed by atoms with Crippen molar-refractivity contribution in [3.63, 3.8) is 0 Å². The van der Waals surface area contributed by atoms with Crippen LogP contribution >= 0.6 is 35.3 Å². The molecule has 0 atom stereocenters. The molecule has 1 heterocycles. The largest absolute Gasteiger partial charge is 0.379 e. The first-order chi connectivity index (χ1) is 9.65. The predicted molar refractivity (Wildman–Crippen MR) is 103 cm³/mol. The van der Waals surface area contributed by atoms with Gasteiger partial charge in [0.15, 0.2) is 5.96 Å². The number of thiophene rings is 1. The number of rotatable bonds is 8. The van der Waals surface area contributed by atoms with Crippen LogP contribution in [0.1, 0.15) is 30.5 Å². The Morgan fingerprint density at radius 3 is 2.57 bits per heavy atom. The number of guanidine groups is 1. The third-order valence-corrected chi connectivity index (χ3v) is 3.94. The number of nitrogens with one attached hydrogen (secondary N) is 2. The summed E-state index contributed by atoms with van der Waals surface area (Å²) in [6.07, 6.45) is 1.10. The smallest absolute Gasteiger partial charge is 0.191 e. The molecule has 4 nitrogen and oxygen atoms in total. The Morgan fingerprint density at radius 1 is 1.29 bits per heavy atom. The van der Waals surface area contributed by atoms with Crippen LogP contribution in [0.5, 0.6) is 0 Å². The minimum absolute atomic E-state index is 0. The molecule has 0 saturated carbocycles. The second-order valence-electron chi connectivity index (χ2n) is 5.04. The molecule has 0 spiro atoms. The SMILES string of the molecule is CCc1ccc(CNC(=NC)NCCOCC(C)C)s1.I. The Balaban J connectivity index is 0.00000400. The molecular weight excluding hydrogens is 397 g/mol. The molecule has 6 heteroatoms. The third-order valence-electron chi connectivity index (χ3n) is 2.71. The van der Waals surface area contributed by atoms with Gasteiger partial charge in [-0.25, -0.2) is 0 Å². The summed E-state index contributed by atoms with van der Waals surface area (Å²) in [5.41, 5.74) is 0. The lowest BCUT2D eigenvalue weighted by atomic mass is 10.2. The zero-order chi connectivity index (χ0) is 14.8. The van der Waals surface area contributed by atoms with Gasteiger partial charge in [0.05, 0.1) is 13.2 Å². The average molecular weight is 425 g/mol. The van der Waals surface area contributed by atoms with Crippen LogP contribution < -0.4 is 10.6 Å². The van der Waals surface area contributed by atoms with E-state index in [2.05, 4.69) is 48.5 Å². The lowest BCUT2D eigenvalue weighted by Crippen LogP contribution is -2.38. The number of aryl methyl sites for hydroxylation is 1. The molecule has 0 aliphatic rings. The second kappa shape index (κ2) is 12.2. The fourth-order valence-corrected chi connectivity index (χ4v) is 2.56. The minimum atomic E-state index is 0. The van der Waals surface area contributed by atoms with Crippen LogP contribution in [0.15, 0.2) is 17.1 Å². The zero-order valence-corrected chi connectivity index (χ0v) is 16.6. The Morgan fingerprint density at radius 2 is 2.00 bits per heavy atom. The molecule has 0 aliphatic carbocycles. The highest BCUT2D eigenvalue weighted by atomic mass is 127. The fraction of sp³-hybridized carbons (Fsp3) is 0.667. The van der Waals surface area contributed by atoms with Crippen molar-refractivity contribution in [3.05, 3.63) is 21.9 Å². The number of hydrogen-bond acceptors (Lipinski definition) is 3. The second-order valence-corrected chi connectivity index (χ2v) is 6.30. The van der Waals surface area contributed by atoms with Gasteiger partial charge in [-0.15, -0.1) is 35.3 Å². The van der Waals surface area contributed by atoms with Crippen molar-refractivity contribution >= 4 is 41.3 Å². The maximum Gasteiger partial charge on any atom is 0.191 e. The van der Waals surface area contributed by atoms with E-state index in [0.717, 1.165) is 32.1 Å². The molecule has 0 unspecified atom stereocenters. The molecule has 0 fully saturated rings. The van der Waals surface area contributed by atoms with Crippen molar-refractivity contribution in [2.24, 2.45) is 10.9 Å². The quantitative estimate of drug-likeness (QED) is 0.291. The molecule has 0 amide bonds. The summed E-state index contributed by atoms with van der Waals surface area (Å²) >= 11 is 1.85. The monoisotopic (exact) mass is 425 g/mol. The number of hydrogen-bond donors (Lipinski definition) is 2. The first kappa shape index (κ1) is 20.7. The van der Waals surface area contributed by atoms with Gasteiger partial charge in [0.2, 0.25) is 0 Å². The van der Waals surface area contributed by atoms with E-state index in [4.69, 9.17) is 4.74 Å². The Bertz CT molecular complexity index is 407. The zero-order valence-electron chi connectivity index (χ0n) is 13.4. The molecular formula is C15H28IN3OS. The van der Waals surface area contributed by atoms with Crippen molar-refractivity contribution in [2.45, 2.75) is 33.7 Å². The van der Waals surface area contributed by atoms with Crippen molar-refractivity contribution in [2.75, 3.05) is 26.8 Å². The lowest BCUT2D eigenvalue weighted by molar-refractivity contribution is 0.114. The molecule has 122 valence electrons. The standard InChI is InChI=1S/C15H27N3OS.HI/c1-5-13-6-7-14(20-13)10-18-15(16-4)17-8-9-19-11-12(2)3;/h6-7,12H,5,8-11H2,1-4H3,(H2,16,17,18);1H. The van der Waals surface area contributed by atoms with Crippen LogP contribution in [0.3, 0.4) is 0 Å². The maximum absolute atomic E-state index is 5.53. The van der Waals surface area contributed by atoms with E-state index in [-0.39, 0.29) is 24.0 Å². The van der Waals surface area contributed by atoms with Crippen LogP contribution in [-0.4, -0.2) is 32.8 Å². The summed E-state index contributed by atoms with van der Waals surface area (Å²) in [4.78, 5) is 6.96. The number of aliphatic imine (C=N–C) groups is 1. The summed E-state index contributed by atoms with van der Waals surface area (Å²) in [5, 5.41) is 6.57. The van der Waals surface area contributed by atoms with Gasteiger partial charge in [-0.2, -0.15) is 0 Å². The van der Waals surface area contributed by atoms with Crippen molar-refractivity contribution in [1.82, 2.24) is 10.6 Å². The van der Waals surface area contributed by atoms with E-state index >= 15 is 0 Å². The normalized spacial score (nSPS) is 11.4. The van der Waals surface area contributed by atoms with Crippen LogP contribution in [0.4, 0.5) is 0 Å². The first-order valence-corrected chi connectivity index (χ1v) is 8.07. The summed E-state index contributed by atoms with van der Waals surface area (Å²) in [7, 11) is 1.79. The topological polar surface area (TPSA) is 45.7 Å². The van der Waals surface area contributed by atoms with Gasteiger partial charge < -0.3 is 15.4 Å². The Hall–Kier alpha value is -0.340. The highest BCUT2D eigenvalue weighted by molar-refractivity contribution is 14.0. The fourth-order valence-electron chi connectivity index (χ4n) is 1.66. The molecule has 0 radical (unpaired) electrons. The minimum Gasteiger partial charge on any atom is -0.379 e. The van der Waals surface area contributed by atoms with Crippen molar-refractivity contribution in [3.8, 4) is 0 Å². The summed E-state index contributed by atoms with van der Waals surface area (Å²) in [6, 6.07) is 4.37. The Labute approximate surface area is 149 Å². The molecule has 0 aromatic carbocycles. The van der Waals surface area contributed by atoms with Crippen molar-refractivity contribution < 1.29 is 4.74 Å². The van der Waals surface area contributed by atoms with Crippen molar-refractivity contribution in [1.29, 1.82) is 0 Å². The molecule has 21 heavy (non-hydrogen) atoms. The van der Waals surface area contributed by atoms with Crippen LogP contribution in [0, 0.1) is 5.92 Å². The van der Waals surface area contributed by atoms with Gasteiger partial charge in [-0.3, -0.25) is 4.99 Å². The molecule has 1 aromatic heterocycles. The Kier molecular flexibility index (Phi) is 12.0. The molecule has 2 N–H and O–H groups in total. The van der Waals surface area contributed by atoms with Crippen LogP contribution in [0.25, 0.3) is 0 Å². The van der Waals surface area contributed by atoms with Gasteiger partial charge in [0.25, 0.3) is 0 Å². The van der Waals surface area contributed by atoms with E-state index in [1.807, 2.05) is 11.3 Å². The summed E-state index contributed by atoms with van der Waals surface area (Å²) in [5.74, 6) is 1.41. The van der Waals surface area contributed by atoms with E-state index in [0.29, 0.717) is 12.5 Å². The van der Waals surface area contributed by atoms with Gasteiger partial charge in [-0.1, -0.05) is 20.8 Å². The van der Waals surface area contributed by atoms with Gasteiger partial charge in [0, 0.05) is 30.0 Å². The van der Waals surface area contributed by atoms with E-state index < -0.39 is 0 Å². The van der Waals surface area contributed by atoms with Gasteiger partial charge in [0.1, 0.15) is 0 Å². The van der Waals surface area contributed by atoms with Gasteiger partial charge >= 0.3 is 0 Å². The maximum atomic E-state index is 5.53. The number of halogens is 1. The average Bonchev–Trinajstić information content (AvgIpc) is 2.89. The van der Waals surface area contributed by atoms with Gasteiger partial charge in [-0.05, 0) is 24.5 Å². The number of ether oxygens (including phenoxy) is 1. The summed E-state index contributed by atoms with van der Waals surface area (Å²) in [6.45, 7) is 9.59. The van der Waals surface area contributed by atoms with E-state index in [9.17, 15) is 0 Å². The lowest BCUT2D eigenvalue weighted by Gasteiger charge is -2.12. The highest BCUT2D eigenvalue weighted by Gasteiger charge is 2.01. The highest BCUT2D eigenvalue weighted by Crippen LogP contribution is 2.16. The molecule has 0 saturated heterocycles.